The van der Waals surface area contributed by atoms with E-state index in [0.29, 0.717) is 13.0 Å². The lowest BCUT2D eigenvalue weighted by atomic mass is 9.95. The van der Waals surface area contributed by atoms with E-state index in [2.05, 4.69) is 5.32 Å². The first-order chi connectivity index (χ1) is 4.10. The molecule has 0 aromatic carbocycles. The minimum Gasteiger partial charge on any atom is -0.390 e. The first-order valence-electron chi connectivity index (χ1n) is 3.09. The molecule has 1 aliphatic rings. The lowest BCUT2D eigenvalue weighted by Gasteiger charge is -2.27. The Morgan fingerprint density at radius 1 is 1.78 bits per heavy atom. The van der Waals surface area contributed by atoms with E-state index in [9.17, 15) is 9.90 Å². The van der Waals surface area contributed by atoms with E-state index in [-0.39, 0.29) is 12.3 Å². The van der Waals surface area contributed by atoms with Crippen LogP contribution in [0.1, 0.15) is 19.8 Å². The molecular weight excluding hydrogens is 118 g/mol. The van der Waals surface area contributed by atoms with Crippen molar-refractivity contribution in [1.29, 1.82) is 0 Å². The van der Waals surface area contributed by atoms with Crippen LogP contribution in [0.2, 0.25) is 0 Å². The molecule has 1 amide bonds. The average Bonchev–Trinajstić information content (AvgIpc) is 1.60. The van der Waals surface area contributed by atoms with Gasteiger partial charge in [0.1, 0.15) is 0 Å². The standard InChI is InChI=1S/C6H11NO2/c1-6(9)2-3-7-5(8)4-6/h9H,2-4H2,1H3,(H,7,8). The van der Waals surface area contributed by atoms with Gasteiger partial charge in [-0.2, -0.15) is 0 Å². The molecule has 0 bridgehead atoms. The largest absolute Gasteiger partial charge is 0.390 e. The number of piperidine rings is 1. The van der Waals surface area contributed by atoms with Gasteiger partial charge in [0.2, 0.25) is 5.91 Å². The van der Waals surface area contributed by atoms with Gasteiger partial charge >= 0.3 is 0 Å². The quantitative estimate of drug-likeness (QED) is 0.469. The van der Waals surface area contributed by atoms with E-state index in [1.165, 1.54) is 0 Å². The molecule has 0 radical (unpaired) electrons. The zero-order valence-corrected chi connectivity index (χ0v) is 5.48. The molecule has 1 unspecified atom stereocenters. The molecule has 52 valence electrons. The normalized spacial score (nSPS) is 36.0. The summed E-state index contributed by atoms with van der Waals surface area (Å²) < 4.78 is 0. The zero-order chi connectivity index (χ0) is 6.91. The summed E-state index contributed by atoms with van der Waals surface area (Å²) in [6, 6.07) is 0. The summed E-state index contributed by atoms with van der Waals surface area (Å²) in [4.78, 5) is 10.6. The molecule has 2 N–H and O–H groups in total. The van der Waals surface area contributed by atoms with Gasteiger partial charge in [0, 0.05) is 6.54 Å². The van der Waals surface area contributed by atoms with Gasteiger partial charge in [-0.1, -0.05) is 0 Å². The fraction of sp³-hybridized carbons (Fsp3) is 0.833. The van der Waals surface area contributed by atoms with Gasteiger partial charge in [0.05, 0.1) is 12.0 Å². The Morgan fingerprint density at radius 3 is 2.78 bits per heavy atom. The van der Waals surface area contributed by atoms with Gasteiger partial charge in [-0.25, -0.2) is 0 Å². The van der Waals surface area contributed by atoms with Gasteiger partial charge in [-0.05, 0) is 13.3 Å². The summed E-state index contributed by atoms with van der Waals surface area (Å²) in [7, 11) is 0. The van der Waals surface area contributed by atoms with Crippen LogP contribution in [0.15, 0.2) is 0 Å². The van der Waals surface area contributed by atoms with E-state index in [4.69, 9.17) is 0 Å². The molecule has 3 nitrogen and oxygen atoms in total. The maximum absolute atomic E-state index is 10.6. The second-order valence-corrected chi connectivity index (χ2v) is 2.77. The highest BCUT2D eigenvalue weighted by molar-refractivity contribution is 5.77. The number of aliphatic hydroxyl groups is 1. The summed E-state index contributed by atoms with van der Waals surface area (Å²) in [6.45, 7) is 2.29. The number of nitrogens with one attached hydrogen (secondary N) is 1. The molecule has 1 aliphatic heterocycles. The van der Waals surface area contributed by atoms with Crippen LogP contribution in [0.5, 0.6) is 0 Å². The maximum atomic E-state index is 10.6. The Kier molecular flexibility index (Phi) is 1.45. The number of hydrogen-bond acceptors (Lipinski definition) is 2. The van der Waals surface area contributed by atoms with Gasteiger partial charge in [0.15, 0.2) is 0 Å². The predicted molar refractivity (Wildman–Crippen MR) is 32.9 cm³/mol. The van der Waals surface area contributed by atoms with Crippen LogP contribution in [0.3, 0.4) is 0 Å². The van der Waals surface area contributed by atoms with Crippen molar-refractivity contribution in [2.24, 2.45) is 0 Å². The molecular formula is C6H11NO2. The summed E-state index contributed by atoms with van der Waals surface area (Å²) in [6.07, 6.45) is 0.908. The number of carbonyl (C=O) groups excluding carboxylic acids is 1. The SMILES string of the molecule is CC1(O)CCNC(=O)C1. The van der Waals surface area contributed by atoms with Crippen molar-refractivity contribution in [3.63, 3.8) is 0 Å². The van der Waals surface area contributed by atoms with E-state index in [1.54, 1.807) is 6.92 Å². The highest BCUT2D eigenvalue weighted by atomic mass is 16.3. The summed E-state index contributed by atoms with van der Waals surface area (Å²) in [5.74, 6) is -0.0498. The van der Waals surface area contributed by atoms with Crippen LogP contribution in [-0.2, 0) is 4.79 Å². The van der Waals surface area contributed by atoms with Crippen molar-refractivity contribution in [2.75, 3.05) is 6.54 Å². The van der Waals surface area contributed by atoms with Crippen molar-refractivity contribution in [3.05, 3.63) is 0 Å². The minimum absolute atomic E-state index is 0.0498. The Labute approximate surface area is 54.1 Å². The summed E-state index contributed by atoms with van der Waals surface area (Å²) >= 11 is 0. The second kappa shape index (κ2) is 1.99. The molecule has 0 aromatic rings. The topological polar surface area (TPSA) is 49.3 Å². The molecule has 1 saturated heterocycles. The van der Waals surface area contributed by atoms with Crippen LogP contribution in [0, 0.1) is 0 Å². The molecule has 1 atom stereocenters. The van der Waals surface area contributed by atoms with Gasteiger partial charge in [0.25, 0.3) is 0 Å². The zero-order valence-electron chi connectivity index (χ0n) is 5.48. The van der Waals surface area contributed by atoms with Crippen LogP contribution in [0.4, 0.5) is 0 Å². The van der Waals surface area contributed by atoms with Crippen molar-refractivity contribution in [1.82, 2.24) is 5.32 Å². The minimum atomic E-state index is -0.762. The molecule has 1 rings (SSSR count). The number of hydrogen-bond donors (Lipinski definition) is 2. The third-order valence-corrected chi connectivity index (χ3v) is 1.53. The molecule has 0 saturated carbocycles. The fourth-order valence-corrected chi connectivity index (χ4v) is 0.968. The summed E-state index contributed by atoms with van der Waals surface area (Å²) in [5, 5.41) is 11.9. The fourth-order valence-electron chi connectivity index (χ4n) is 0.968. The molecule has 0 aromatic heterocycles. The lowest BCUT2D eigenvalue weighted by Crippen LogP contribution is -2.43. The smallest absolute Gasteiger partial charge is 0.222 e. The van der Waals surface area contributed by atoms with Crippen molar-refractivity contribution in [2.45, 2.75) is 25.4 Å². The van der Waals surface area contributed by atoms with E-state index in [0.717, 1.165) is 0 Å². The molecule has 0 spiro atoms. The third kappa shape index (κ3) is 1.68. The van der Waals surface area contributed by atoms with Crippen LogP contribution >= 0.6 is 0 Å². The number of carbonyl (C=O) groups is 1. The second-order valence-electron chi connectivity index (χ2n) is 2.77. The highest BCUT2D eigenvalue weighted by Crippen LogP contribution is 2.16. The molecule has 1 heterocycles. The van der Waals surface area contributed by atoms with Gasteiger partial charge < -0.3 is 10.4 Å². The van der Waals surface area contributed by atoms with E-state index in [1.807, 2.05) is 0 Å². The number of amides is 1. The van der Waals surface area contributed by atoms with E-state index >= 15 is 0 Å². The Hall–Kier alpha value is -0.570. The van der Waals surface area contributed by atoms with Crippen LogP contribution in [-0.4, -0.2) is 23.2 Å². The molecule has 0 aliphatic carbocycles. The third-order valence-electron chi connectivity index (χ3n) is 1.53. The summed E-state index contributed by atoms with van der Waals surface area (Å²) in [5.41, 5.74) is -0.762. The first-order valence-corrected chi connectivity index (χ1v) is 3.09. The lowest BCUT2D eigenvalue weighted by molar-refractivity contribution is -0.128. The average molecular weight is 129 g/mol. The Bertz CT molecular complexity index is 131. The first kappa shape index (κ1) is 6.55. The highest BCUT2D eigenvalue weighted by Gasteiger charge is 2.27. The van der Waals surface area contributed by atoms with Crippen molar-refractivity contribution >= 4 is 5.91 Å². The van der Waals surface area contributed by atoms with Crippen molar-refractivity contribution < 1.29 is 9.90 Å². The molecule has 1 fully saturated rings. The van der Waals surface area contributed by atoms with Crippen LogP contribution < -0.4 is 5.32 Å². The maximum Gasteiger partial charge on any atom is 0.222 e. The predicted octanol–water partition coefficient (Wildman–Crippen LogP) is -0.353. The van der Waals surface area contributed by atoms with Gasteiger partial charge in [-0.15, -0.1) is 0 Å². The van der Waals surface area contributed by atoms with Crippen LogP contribution in [0.25, 0.3) is 0 Å². The van der Waals surface area contributed by atoms with Gasteiger partial charge in [-0.3, -0.25) is 4.79 Å². The van der Waals surface area contributed by atoms with E-state index < -0.39 is 5.60 Å². The number of rotatable bonds is 0. The molecule has 3 heteroatoms. The Morgan fingerprint density at radius 2 is 2.44 bits per heavy atom. The monoisotopic (exact) mass is 129 g/mol. The molecule has 9 heavy (non-hydrogen) atoms. The van der Waals surface area contributed by atoms with Crippen molar-refractivity contribution in [3.8, 4) is 0 Å². The Balaban J connectivity index is 2.51.